The van der Waals surface area contributed by atoms with Crippen LogP contribution in [0.2, 0.25) is 0 Å². The molecule has 1 saturated heterocycles. The van der Waals surface area contributed by atoms with Gasteiger partial charge in [-0.05, 0) is 23.6 Å². The smallest absolute Gasteiger partial charge is 0.0594 e. The van der Waals surface area contributed by atoms with Crippen molar-refractivity contribution in [2.75, 3.05) is 32.8 Å². The molecule has 2 heterocycles. The molecular formula is C12H20N2OS. The minimum absolute atomic E-state index is 0.882. The first-order chi connectivity index (χ1) is 7.90. The first kappa shape index (κ1) is 12.0. The summed E-state index contributed by atoms with van der Waals surface area (Å²) in [4.78, 5) is 3.95. The Kier molecular flexibility index (Phi) is 4.78. The zero-order valence-electron chi connectivity index (χ0n) is 9.87. The Labute approximate surface area is 101 Å². The lowest BCUT2D eigenvalue weighted by Crippen LogP contribution is -2.35. The predicted molar refractivity (Wildman–Crippen MR) is 67.8 cm³/mol. The second kappa shape index (κ2) is 6.35. The molecule has 0 unspecified atom stereocenters. The Bertz CT molecular complexity index is 308. The standard InChI is InChI=1S/C12H20N2OS/c1-2-13-9-12-11(3-8-16-12)10-14-4-6-15-7-5-14/h3,8,13H,2,4-7,9-10H2,1H3. The molecule has 1 aromatic heterocycles. The Hall–Kier alpha value is -0.420. The lowest BCUT2D eigenvalue weighted by Gasteiger charge is -2.26. The molecule has 90 valence electrons. The van der Waals surface area contributed by atoms with Gasteiger partial charge in [-0.1, -0.05) is 6.92 Å². The van der Waals surface area contributed by atoms with Crippen molar-refractivity contribution >= 4 is 11.3 Å². The molecule has 1 aliphatic rings. The van der Waals surface area contributed by atoms with Crippen LogP contribution in [0.4, 0.5) is 0 Å². The van der Waals surface area contributed by atoms with Crippen LogP contribution in [0.3, 0.4) is 0 Å². The molecule has 3 nitrogen and oxygen atoms in total. The van der Waals surface area contributed by atoms with E-state index in [-0.39, 0.29) is 0 Å². The summed E-state index contributed by atoms with van der Waals surface area (Å²) in [6.45, 7) is 9.16. The van der Waals surface area contributed by atoms with Gasteiger partial charge in [0, 0.05) is 31.1 Å². The molecule has 0 saturated carbocycles. The number of rotatable bonds is 5. The molecule has 0 atom stereocenters. The van der Waals surface area contributed by atoms with Crippen molar-refractivity contribution < 1.29 is 4.74 Å². The van der Waals surface area contributed by atoms with Gasteiger partial charge >= 0.3 is 0 Å². The average molecular weight is 240 g/mol. The minimum atomic E-state index is 0.882. The summed E-state index contributed by atoms with van der Waals surface area (Å²) in [5.74, 6) is 0. The molecule has 1 fully saturated rings. The topological polar surface area (TPSA) is 24.5 Å². The average Bonchev–Trinajstić information content (AvgIpc) is 2.75. The van der Waals surface area contributed by atoms with E-state index in [1.165, 1.54) is 10.4 Å². The van der Waals surface area contributed by atoms with Gasteiger partial charge in [0.15, 0.2) is 0 Å². The first-order valence-electron chi connectivity index (χ1n) is 5.96. The third kappa shape index (κ3) is 3.28. The third-order valence-electron chi connectivity index (χ3n) is 2.87. The summed E-state index contributed by atoms with van der Waals surface area (Å²) in [6.07, 6.45) is 0. The maximum atomic E-state index is 5.36. The highest BCUT2D eigenvalue weighted by molar-refractivity contribution is 7.10. The summed E-state index contributed by atoms with van der Waals surface area (Å²) in [6, 6.07) is 2.26. The van der Waals surface area contributed by atoms with Gasteiger partial charge in [0.25, 0.3) is 0 Å². The molecule has 16 heavy (non-hydrogen) atoms. The summed E-state index contributed by atoms with van der Waals surface area (Å²) in [5.41, 5.74) is 1.48. The van der Waals surface area contributed by atoms with Gasteiger partial charge in [0.1, 0.15) is 0 Å². The summed E-state index contributed by atoms with van der Waals surface area (Å²) in [5, 5.41) is 5.59. The summed E-state index contributed by atoms with van der Waals surface area (Å²) in [7, 11) is 0. The van der Waals surface area contributed by atoms with Crippen LogP contribution in [0, 0.1) is 0 Å². The quantitative estimate of drug-likeness (QED) is 0.847. The fourth-order valence-corrected chi connectivity index (χ4v) is 2.77. The van der Waals surface area contributed by atoms with Crippen molar-refractivity contribution in [2.45, 2.75) is 20.0 Å². The minimum Gasteiger partial charge on any atom is -0.379 e. The molecular weight excluding hydrogens is 220 g/mol. The fraction of sp³-hybridized carbons (Fsp3) is 0.667. The van der Waals surface area contributed by atoms with Crippen molar-refractivity contribution in [3.63, 3.8) is 0 Å². The van der Waals surface area contributed by atoms with Crippen LogP contribution in [0.1, 0.15) is 17.4 Å². The van der Waals surface area contributed by atoms with E-state index < -0.39 is 0 Å². The number of hydrogen-bond acceptors (Lipinski definition) is 4. The van der Waals surface area contributed by atoms with E-state index in [9.17, 15) is 0 Å². The predicted octanol–water partition coefficient (Wildman–Crippen LogP) is 1.69. The number of thiophene rings is 1. The van der Waals surface area contributed by atoms with E-state index in [1.807, 2.05) is 11.3 Å². The van der Waals surface area contributed by atoms with Gasteiger partial charge in [-0.3, -0.25) is 4.90 Å². The van der Waals surface area contributed by atoms with Crippen molar-refractivity contribution in [3.05, 3.63) is 21.9 Å². The van der Waals surface area contributed by atoms with Gasteiger partial charge in [0.05, 0.1) is 13.2 Å². The highest BCUT2D eigenvalue weighted by Gasteiger charge is 2.13. The Morgan fingerprint density at radius 1 is 1.44 bits per heavy atom. The SMILES string of the molecule is CCNCc1sccc1CN1CCOCC1. The van der Waals surface area contributed by atoms with Crippen LogP contribution >= 0.6 is 11.3 Å². The lowest BCUT2D eigenvalue weighted by atomic mass is 10.2. The van der Waals surface area contributed by atoms with Crippen molar-refractivity contribution in [3.8, 4) is 0 Å². The van der Waals surface area contributed by atoms with Crippen molar-refractivity contribution in [1.29, 1.82) is 0 Å². The van der Waals surface area contributed by atoms with E-state index >= 15 is 0 Å². The Morgan fingerprint density at radius 3 is 3.00 bits per heavy atom. The molecule has 0 spiro atoms. The molecule has 1 N–H and O–H groups in total. The van der Waals surface area contributed by atoms with Crippen LogP contribution in [-0.4, -0.2) is 37.7 Å². The first-order valence-corrected chi connectivity index (χ1v) is 6.84. The highest BCUT2D eigenvalue weighted by Crippen LogP contribution is 2.19. The van der Waals surface area contributed by atoms with Gasteiger partial charge in [-0.15, -0.1) is 11.3 Å². The number of morpholine rings is 1. The van der Waals surface area contributed by atoms with Crippen molar-refractivity contribution in [2.24, 2.45) is 0 Å². The van der Waals surface area contributed by atoms with Gasteiger partial charge in [-0.2, -0.15) is 0 Å². The maximum absolute atomic E-state index is 5.36. The van der Waals surface area contributed by atoms with Crippen LogP contribution in [-0.2, 0) is 17.8 Å². The maximum Gasteiger partial charge on any atom is 0.0594 e. The molecule has 4 heteroatoms. The van der Waals surface area contributed by atoms with Crippen LogP contribution in [0.25, 0.3) is 0 Å². The Balaban J connectivity index is 1.89. The number of hydrogen-bond donors (Lipinski definition) is 1. The van der Waals surface area contributed by atoms with Crippen LogP contribution in [0.15, 0.2) is 11.4 Å². The monoisotopic (exact) mass is 240 g/mol. The molecule has 0 amide bonds. The van der Waals surface area contributed by atoms with Crippen molar-refractivity contribution in [1.82, 2.24) is 10.2 Å². The second-order valence-corrected chi connectivity index (χ2v) is 5.04. The molecule has 0 radical (unpaired) electrons. The van der Waals surface area contributed by atoms with E-state index in [0.717, 1.165) is 45.9 Å². The number of ether oxygens (including phenoxy) is 1. The number of nitrogens with zero attached hydrogens (tertiary/aromatic N) is 1. The van der Waals surface area contributed by atoms with E-state index in [0.29, 0.717) is 0 Å². The van der Waals surface area contributed by atoms with Crippen LogP contribution < -0.4 is 5.32 Å². The van der Waals surface area contributed by atoms with E-state index in [4.69, 9.17) is 4.74 Å². The largest absolute Gasteiger partial charge is 0.379 e. The summed E-state index contributed by atoms with van der Waals surface area (Å²) >= 11 is 1.86. The summed E-state index contributed by atoms with van der Waals surface area (Å²) < 4.78 is 5.36. The molecule has 1 aliphatic heterocycles. The van der Waals surface area contributed by atoms with E-state index in [1.54, 1.807) is 0 Å². The highest BCUT2D eigenvalue weighted by atomic mass is 32.1. The van der Waals surface area contributed by atoms with Gasteiger partial charge in [0.2, 0.25) is 0 Å². The van der Waals surface area contributed by atoms with Gasteiger partial charge < -0.3 is 10.1 Å². The lowest BCUT2D eigenvalue weighted by molar-refractivity contribution is 0.0341. The molecule has 0 bridgehead atoms. The molecule has 1 aromatic rings. The van der Waals surface area contributed by atoms with Gasteiger partial charge in [-0.25, -0.2) is 0 Å². The zero-order chi connectivity index (χ0) is 11.2. The molecule has 2 rings (SSSR count). The molecule has 0 aliphatic carbocycles. The zero-order valence-corrected chi connectivity index (χ0v) is 10.7. The second-order valence-electron chi connectivity index (χ2n) is 4.04. The van der Waals surface area contributed by atoms with Crippen LogP contribution in [0.5, 0.6) is 0 Å². The van der Waals surface area contributed by atoms with E-state index in [2.05, 4.69) is 28.6 Å². The fourth-order valence-electron chi connectivity index (χ4n) is 1.90. The third-order valence-corrected chi connectivity index (χ3v) is 3.83. The normalized spacial score (nSPS) is 17.8. The Morgan fingerprint density at radius 2 is 2.25 bits per heavy atom. The molecule has 0 aromatic carbocycles. The number of nitrogens with one attached hydrogen (secondary N) is 1.